The minimum atomic E-state index is -0.669. The molecule has 128 valence electrons. The molecule has 0 fully saturated rings. The van der Waals surface area contributed by atoms with Crippen molar-refractivity contribution >= 4 is 29.1 Å². The molecule has 0 saturated carbocycles. The molecule has 0 unspecified atom stereocenters. The van der Waals surface area contributed by atoms with E-state index in [1.807, 2.05) is 0 Å². The summed E-state index contributed by atoms with van der Waals surface area (Å²) in [6.07, 6.45) is 0. The van der Waals surface area contributed by atoms with Gasteiger partial charge in [0, 0.05) is 5.56 Å². The van der Waals surface area contributed by atoms with Crippen molar-refractivity contribution < 1.29 is 13.9 Å². The molecule has 0 radical (unpaired) electrons. The number of benzene rings is 2. The fraction of sp³-hybridized carbons (Fsp3) is 0.118. The van der Waals surface area contributed by atoms with Gasteiger partial charge < -0.3 is 4.74 Å². The summed E-state index contributed by atoms with van der Waals surface area (Å²) in [5, 5.41) is 4.70. The van der Waals surface area contributed by atoms with Crippen LogP contribution in [0.25, 0.3) is 11.4 Å². The molecule has 0 atom stereocenters. The van der Waals surface area contributed by atoms with E-state index >= 15 is 0 Å². The second-order valence-corrected chi connectivity index (χ2v) is 5.79. The van der Waals surface area contributed by atoms with Gasteiger partial charge in [-0.25, -0.2) is 4.39 Å². The van der Waals surface area contributed by atoms with Crippen LogP contribution >= 0.6 is 23.2 Å². The van der Waals surface area contributed by atoms with Crippen molar-refractivity contribution in [2.75, 3.05) is 6.61 Å². The van der Waals surface area contributed by atoms with Crippen LogP contribution in [0.2, 0.25) is 10.0 Å². The second kappa shape index (κ2) is 7.21. The molecule has 3 rings (SSSR count). The Labute approximate surface area is 153 Å². The number of hydrogen-bond acceptors (Lipinski definition) is 4. The van der Waals surface area contributed by atoms with Crippen molar-refractivity contribution in [3.05, 3.63) is 63.9 Å². The summed E-state index contributed by atoms with van der Waals surface area (Å²) in [6, 6.07) is 10.4. The molecule has 0 bridgehead atoms. The number of nitrogens with zero attached hydrogens (tertiary/aromatic N) is 3. The molecule has 25 heavy (non-hydrogen) atoms. The molecule has 1 heterocycles. The molecular formula is C17H12Cl2FN3O2. The van der Waals surface area contributed by atoms with Crippen LogP contribution in [-0.2, 0) is 0 Å². The summed E-state index contributed by atoms with van der Waals surface area (Å²) in [5.41, 5.74) is 0.370. The van der Waals surface area contributed by atoms with Gasteiger partial charge >= 0.3 is 6.01 Å². The van der Waals surface area contributed by atoms with E-state index in [1.165, 1.54) is 18.2 Å². The van der Waals surface area contributed by atoms with Gasteiger partial charge in [-0.15, -0.1) is 5.10 Å². The minimum Gasteiger partial charge on any atom is -0.463 e. The van der Waals surface area contributed by atoms with E-state index in [0.29, 0.717) is 22.2 Å². The zero-order chi connectivity index (χ0) is 18.0. The largest absolute Gasteiger partial charge is 0.463 e. The third kappa shape index (κ3) is 3.50. The van der Waals surface area contributed by atoms with Crippen LogP contribution in [0.5, 0.6) is 6.01 Å². The molecule has 5 nitrogen and oxygen atoms in total. The number of ether oxygens (including phenoxy) is 1. The van der Waals surface area contributed by atoms with Crippen LogP contribution in [0.15, 0.2) is 42.5 Å². The van der Waals surface area contributed by atoms with Crippen LogP contribution in [0, 0.1) is 5.82 Å². The topological polar surface area (TPSA) is 57.0 Å². The van der Waals surface area contributed by atoms with Gasteiger partial charge in [-0.2, -0.15) is 9.67 Å². The monoisotopic (exact) mass is 379 g/mol. The molecule has 1 aromatic heterocycles. The molecular weight excluding hydrogens is 368 g/mol. The molecule has 0 N–H and O–H groups in total. The Balaban J connectivity index is 2.13. The van der Waals surface area contributed by atoms with Crippen LogP contribution in [0.1, 0.15) is 17.3 Å². The van der Waals surface area contributed by atoms with Crippen molar-refractivity contribution in [3.8, 4) is 17.4 Å². The lowest BCUT2D eigenvalue weighted by Crippen LogP contribution is -2.16. The fourth-order valence-corrected chi connectivity index (χ4v) is 2.49. The first kappa shape index (κ1) is 17.4. The van der Waals surface area contributed by atoms with Gasteiger partial charge in [0.25, 0.3) is 5.91 Å². The number of hydrogen-bond donors (Lipinski definition) is 0. The first-order valence-corrected chi connectivity index (χ1v) is 8.11. The number of rotatable bonds is 4. The maximum Gasteiger partial charge on any atom is 0.336 e. The third-order valence-corrected chi connectivity index (χ3v) is 4.07. The Morgan fingerprint density at radius 2 is 1.96 bits per heavy atom. The normalized spacial score (nSPS) is 10.7. The lowest BCUT2D eigenvalue weighted by molar-refractivity contribution is 0.0941. The zero-order valence-corrected chi connectivity index (χ0v) is 14.6. The molecule has 0 amide bonds. The molecule has 3 aromatic rings. The van der Waals surface area contributed by atoms with E-state index in [0.717, 1.165) is 4.68 Å². The highest BCUT2D eigenvalue weighted by Crippen LogP contribution is 2.29. The Kier molecular flexibility index (Phi) is 5.01. The number of carbonyl (C=O) groups is 1. The zero-order valence-electron chi connectivity index (χ0n) is 13.0. The van der Waals surface area contributed by atoms with Crippen LogP contribution in [0.3, 0.4) is 0 Å². The molecule has 0 aliphatic carbocycles. The van der Waals surface area contributed by atoms with Crippen molar-refractivity contribution in [1.82, 2.24) is 14.8 Å². The highest BCUT2D eigenvalue weighted by Gasteiger charge is 2.22. The summed E-state index contributed by atoms with van der Waals surface area (Å²) in [5.74, 6) is -1.14. The van der Waals surface area contributed by atoms with E-state index < -0.39 is 11.7 Å². The van der Waals surface area contributed by atoms with E-state index in [-0.39, 0.29) is 17.4 Å². The van der Waals surface area contributed by atoms with Crippen molar-refractivity contribution in [2.45, 2.75) is 6.92 Å². The van der Waals surface area contributed by atoms with Gasteiger partial charge in [-0.05, 0) is 37.3 Å². The average Bonchev–Trinajstić information content (AvgIpc) is 3.01. The predicted octanol–water partition coefficient (Wildman–Crippen LogP) is 4.48. The van der Waals surface area contributed by atoms with Crippen LogP contribution < -0.4 is 4.74 Å². The van der Waals surface area contributed by atoms with Crippen molar-refractivity contribution in [1.29, 1.82) is 0 Å². The summed E-state index contributed by atoms with van der Waals surface area (Å²) in [6.45, 7) is 2.08. The van der Waals surface area contributed by atoms with E-state index in [4.69, 9.17) is 27.9 Å². The predicted molar refractivity (Wildman–Crippen MR) is 92.8 cm³/mol. The SMILES string of the molecule is CCOc1nc(-c2ccc(Cl)c(Cl)c2)n(C(=O)c2ccccc2F)n1. The first-order valence-electron chi connectivity index (χ1n) is 7.35. The lowest BCUT2D eigenvalue weighted by atomic mass is 10.2. The first-order chi connectivity index (χ1) is 12.0. The third-order valence-electron chi connectivity index (χ3n) is 3.34. The van der Waals surface area contributed by atoms with Gasteiger partial charge in [0.1, 0.15) is 5.82 Å². The summed E-state index contributed by atoms with van der Waals surface area (Å²) >= 11 is 12.0. The second-order valence-electron chi connectivity index (χ2n) is 4.98. The number of halogens is 3. The number of carbonyl (C=O) groups excluding carboxylic acids is 1. The Hall–Kier alpha value is -2.44. The van der Waals surface area contributed by atoms with E-state index in [9.17, 15) is 9.18 Å². The Morgan fingerprint density at radius 1 is 1.20 bits per heavy atom. The summed E-state index contributed by atoms with van der Waals surface area (Å²) in [4.78, 5) is 16.9. The van der Waals surface area contributed by atoms with Crippen LogP contribution in [-0.4, -0.2) is 27.3 Å². The smallest absolute Gasteiger partial charge is 0.336 e. The van der Waals surface area contributed by atoms with Crippen LogP contribution in [0.4, 0.5) is 4.39 Å². The van der Waals surface area contributed by atoms with E-state index in [1.54, 1.807) is 31.2 Å². The van der Waals surface area contributed by atoms with Gasteiger partial charge in [-0.1, -0.05) is 35.3 Å². The molecule has 0 spiro atoms. The molecule has 0 aliphatic rings. The van der Waals surface area contributed by atoms with Gasteiger partial charge in [0.2, 0.25) is 0 Å². The fourth-order valence-electron chi connectivity index (χ4n) is 2.20. The van der Waals surface area contributed by atoms with Gasteiger partial charge in [0.05, 0.1) is 22.2 Å². The Morgan fingerprint density at radius 3 is 2.64 bits per heavy atom. The maximum atomic E-state index is 14.0. The molecule has 0 saturated heterocycles. The molecule has 0 aliphatic heterocycles. The number of aromatic nitrogens is 3. The quantitative estimate of drug-likeness (QED) is 0.670. The Bertz CT molecular complexity index is 943. The van der Waals surface area contributed by atoms with Gasteiger partial charge in [0.15, 0.2) is 5.82 Å². The van der Waals surface area contributed by atoms with E-state index in [2.05, 4.69) is 10.1 Å². The van der Waals surface area contributed by atoms with Gasteiger partial charge in [-0.3, -0.25) is 4.79 Å². The molecule has 2 aromatic carbocycles. The summed E-state index contributed by atoms with van der Waals surface area (Å²) in [7, 11) is 0. The average molecular weight is 380 g/mol. The minimum absolute atomic E-state index is 0.00765. The maximum absolute atomic E-state index is 14.0. The van der Waals surface area contributed by atoms with Crippen molar-refractivity contribution in [2.24, 2.45) is 0 Å². The highest BCUT2D eigenvalue weighted by molar-refractivity contribution is 6.42. The lowest BCUT2D eigenvalue weighted by Gasteiger charge is -2.06. The van der Waals surface area contributed by atoms with Crippen molar-refractivity contribution in [3.63, 3.8) is 0 Å². The molecule has 8 heteroatoms. The summed E-state index contributed by atoms with van der Waals surface area (Å²) < 4.78 is 20.2. The standard InChI is InChI=1S/C17H12Cl2FN3O2/c1-2-25-17-21-15(10-7-8-12(18)13(19)9-10)23(22-17)16(24)11-5-3-4-6-14(11)20/h3-9H,2H2,1H3. The highest BCUT2D eigenvalue weighted by atomic mass is 35.5.